The minimum absolute atomic E-state index is 0.430. The highest BCUT2D eigenvalue weighted by molar-refractivity contribution is 6.01. The van der Waals surface area contributed by atoms with Gasteiger partial charge in [-0.3, -0.25) is 10.1 Å². The summed E-state index contributed by atoms with van der Waals surface area (Å²) in [6.07, 6.45) is 0.707. The van der Waals surface area contributed by atoms with Crippen LogP contribution in [-0.2, 0) is 16.0 Å². The van der Waals surface area contributed by atoms with Gasteiger partial charge in [-0.1, -0.05) is 30.3 Å². The van der Waals surface area contributed by atoms with Gasteiger partial charge in [-0.15, -0.1) is 0 Å². The van der Waals surface area contributed by atoms with Gasteiger partial charge >= 0.3 is 5.97 Å². The van der Waals surface area contributed by atoms with Crippen LogP contribution in [0, 0.1) is 0 Å². The normalized spacial score (nSPS) is 11.9. The molecule has 1 rings (SSSR count). The second-order valence-electron chi connectivity index (χ2n) is 4.06. The summed E-state index contributed by atoms with van der Waals surface area (Å²) in [6, 6.07) is 8.58. The summed E-state index contributed by atoms with van der Waals surface area (Å²) in [7, 11) is 3.07. The van der Waals surface area contributed by atoms with E-state index in [9.17, 15) is 9.59 Å². The molecule has 5 heteroatoms. The van der Waals surface area contributed by atoms with Crippen LogP contribution in [0.2, 0.25) is 0 Å². The van der Waals surface area contributed by atoms with E-state index in [1.165, 1.54) is 11.9 Å². The van der Waals surface area contributed by atoms with E-state index < -0.39 is 17.9 Å². The molecule has 0 saturated carbocycles. The van der Waals surface area contributed by atoms with Gasteiger partial charge in [0.15, 0.2) is 6.04 Å². The third kappa shape index (κ3) is 3.85. The van der Waals surface area contributed by atoms with Gasteiger partial charge < -0.3 is 10.0 Å². The number of carbonyl (C=O) groups excluding carboxylic acids is 1. The van der Waals surface area contributed by atoms with Crippen molar-refractivity contribution in [2.45, 2.75) is 12.5 Å². The zero-order valence-electron chi connectivity index (χ0n) is 10.6. The molecule has 1 aromatic rings. The lowest BCUT2D eigenvalue weighted by Crippen LogP contribution is -2.48. The molecule has 1 aromatic carbocycles. The first-order valence-corrected chi connectivity index (χ1v) is 5.75. The summed E-state index contributed by atoms with van der Waals surface area (Å²) in [5, 5.41) is 11.4. The largest absolute Gasteiger partial charge is 0.480 e. The van der Waals surface area contributed by atoms with Crippen LogP contribution in [0.15, 0.2) is 30.3 Å². The lowest BCUT2D eigenvalue weighted by Gasteiger charge is -2.21. The van der Waals surface area contributed by atoms with E-state index in [0.29, 0.717) is 13.0 Å². The molecule has 0 radical (unpaired) electrons. The summed E-state index contributed by atoms with van der Waals surface area (Å²) in [4.78, 5) is 24.1. The molecule has 2 N–H and O–H groups in total. The molecule has 0 aliphatic carbocycles. The van der Waals surface area contributed by atoms with Crippen molar-refractivity contribution in [3.8, 4) is 0 Å². The zero-order chi connectivity index (χ0) is 13.5. The number of likely N-dealkylation sites (N-methyl/N-ethyl adjacent to an activating group) is 2. The highest BCUT2D eigenvalue weighted by atomic mass is 16.4. The molecule has 18 heavy (non-hydrogen) atoms. The van der Waals surface area contributed by atoms with Crippen LogP contribution in [-0.4, -0.2) is 48.6 Å². The predicted octanol–water partition coefficient (Wildman–Crippen LogP) is 0.360. The van der Waals surface area contributed by atoms with Crippen molar-refractivity contribution in [3.05, 3.63) is 35.9 Å². The van der Waals surface area contributed by atoms with E-state index in [2.05, 4.69) is 5.32 Å². The van der Waals surface area contributed by atoms with Crippen molar-refractivity contribution < 1.29 is 14.7 Å². The fraction of sp³-hybridized carbons (Fsp3) is 0.385. The number of carbonyl (C=O) groups is 2. The molecule has 0 heterocycles. The van der Waals surface area contributed by atoms with Crippen LogP contribution in [0.1, 0.15) is 5.56 Å². The number of benzene rings is 1. The Hall–Kier alpha value is -1.88. The molecular formula is C13H18N2O3. The SMILES string of the molecule is CNC(C(=O)O)C(=O)N(C)CCc1ccccc1. The molecule has 0 aromatic heterocycles. The van der Waals surface area contributed by atoms with Gasteiger partial charge in [-0.2, -0.15) is 0 Å². The van der Waals surface area contributed by atoms with Crippen molar-refractivity contribution >= 4 is 11.9 Å². The summed E-state index contributed by atoms with van der Waals surface area (Å²) >= 11 is 0. The van der Waals surface area contributed by atoms with Crippen molar-refractivity contribution in [1.82, 2.24) is 10.2 Å². The molecule has 0 fully saturated rings. The van der Waals surface area contributed by atoms with Crippen LogP contribution in [0.5, 0.6) is 0 Å². The highest BCUT2D eigenvalue weighted by Gasteiger charge is 2.26. The number of rotatable bonds is 6. The van der Waals surface area contributed by atoms with Crippen LogP contribution in [0.4, 0.5) is 0 Å². The molecule has 1 unspecified atom stereocenters. The third-order valence-corrected chi connectivity index (χ3v) is 2.74. The number of nitrogens with zero attached hydrogens (tertiary/aromatic N) is 1. The highest BCUT2D eigenvalue weighted by Crippen LogP contribution is 2.02. The van der Waals surface area contributed by atoms with Gasteiger partial charge in [0, 0.05) is 13.6 Å². The summed E-state index contributed by atoms with van der Waals surface area (Å²) in [5.41, 5.74) is 1.12. The lowest BCUT2D eigenvalue weighted by atomic mass is 10.1. The third-order valence-electron chi connectivity index (χ3n) is 2.74. The second kappa shape index (κ2) is 6.76. The topological polar surface area (TPSA) is 69.6 Å². The quantitative estimate of drug-likeness (QED) is 0.715. The van der Waals surface area contributed by atoms with Gasteiger partial charge in [0.2, 0.25) is 0 Å². The molecule has 98 valence electrons. The fourth-order valence-electron chi connectivity index (χ4n) is 1.62. The molecule has 0 spiro atoms. The Balaban J connectivity index is 2.52. The van der Waals surface area contributed by atoms with E-state index in [1.54, 1.807) is 7.05 Å². The molecule has 0 aliphatic rings. The lowest BCUT2D eigenvalue weighted by molar-refractivity contribution is -0.147. The van der Waals surface area contributed by atoms with E-state index in [4.69, 9.17) is 5.11 Å². The van der Waals surface area contributed by atoms with Crippen LogP contribution >= 0.6 is 0 Å². The van der Waals surface area contributed by atoms with E-state index in [0.717, 1.165) is 5.56 Å². The minimum Gasteiger partial charge on any atom is -0.480 e. The van der Waals surface area contributed by atoms with Gasteiger partial charge in [0.1, 0.15) is 0 Å². The Labute approximate surface area is 106 Å². The maximum Gasteiger partial charge on any atom is 0.330 e. The Bertz CT molecular complexity index is 406. The first kappa shape index (κ1) is 14.2. The standard InChI is InChI=1S/C13H18N2O3/c1-14-11(13(17)18)12(16)15(2)9-8-10-6-4-3-5-7-10/h3-7,11,14H,8-9H2,1-2H3,(H,17,18). The number of amides is 1. The average Bonchev–Trinajstić information content (AvgIpc) is 2.37. The maximum atomic E-state index is 11.8. The van der Waals surface area contributed by atoms with Crippen LogP contribution in [0.25, 0.3) is 0 Å². The Morgan fingerprint density at radius 2 is 1.94 bits per heavy atom. The average molecular weight is 250 g/mol. The number of nitrogens with one attached hydrogen (secondary N) is 1. The molecule has 1 amide bonds. The molecule has 0 bridgehead atoms. The zero-order valence-corrected chi connectivity index (χ0v) is 10.6. The first-order chi connectivity index (χ1) is 8.56. The molecule has 1 atom stereocenters. The van der Waals surface area contributed by atoms with E-state index in [1.807, 2.05) is 30.3 Å². The number of carboxylic acid groups (broad SMARTS) is 1. The molecular weight excluding hydrogens is 232 g/mol. The smallest absolute Gasteiger partial charge is 0.330 e. The van der Waals surface area contributed by atoms with Crippen molar-refractivity contribution in [2.75, 3.05) is 20.6 Å². The van der Waals surface area contributed by atoms with Gasteiger partial charge in [-0.05, 0) is 19.0 Å². The van der Waals surface area contributed by atoms with Gasteiger partial charge in [0.05, 0.1) is 0 Å². The fourth-order valence-corrected chi connectivity index (χ4v) is 1.62. The van der Waals surface area contributed by atoms with E-state index >= 15 is 0 Å². The van der Waals surface area contributed by atoms with Crippen LogP contribution in [0.3, 0.4) is 0 Å². The van der Waals surface area contributed by atoms with Crippen molar-refractivity contribution in [3.63, 3.8) is 0 Å². The van der Waals surface area contributed by atoms with E-state index in [-0.39, 0.29) is 0 Å². The Morgan fingerprint density at radius 1 is 1.33 bits per heavy atom. The number of aliphatic carboxylic acids is 1. The number of carboxylic acids is 1. The van der Waals surface area contributed by atoms with Gasteiger partial charge in [-0.25, -0.2) is 4.79 Å². The Kier molecular flexibility index (Phi) is 5.32. The Morgan fingerprint density at radius 3 is 2.44 bits per heavy atom. The van der Waals surface area contributed by atoms with Crippen molar-refractivity contribution in [2.24, 2.45) is 0 Å². The summed E-state index contributed by atoms with van der Waals surface area (Å²) in [6.45, 7) is 0.494. The van der Waals surface area contributed by atoms with Gasteiger partial charge in [0.25, 0.3) is 5.91 Å². The second-order valence-corrected chi connectivity index (χ2v) is 4.06. The number of hydrogen-bond donors (Lipinski definition) is 2. The van der Waals surface area contributed by atoms with Crippen LogP contribution < -0.4 is 5.32 Å². The minimum atomic E-state index is -1.18. The number of hydrogen-bond acceptors (Lipinski definition) is 3. The molecule has 0 aliphatic heterocycles. The summed E-state index contributed by atoms with van der Waals surface area (Å²) in [5.74, 6) is -1.59. The van der Waals surface area contributed by atoms with Crippen molar-refractivity contribution in [1.29, 1.82) is 0 Å². The maximum absolute atomic E-state index is 11.8. The monoisotopic (exact) mass is 250 g/mol. The molecule has 5 nitrogen and oxygen atoms in total. The first-order valence-electron chi connectivity index (χ1n) is 5.75. The summed E-state index contributed by atoms with van der Waals surface area (Å²) < 4.78 is 0. The predicted molar refractivity (Wildman–Crippen MR) is 68.3 cm³/mol. The molecule has 0 saturated heterocycles.